The summed E-state index contributed by atoms with van der Waals surface area (Å²) in [6.07, 6.45) is 12.8. The van der Waals surface area contributed by atoms with E-state index in [9.17, 15) is 13.2 Å². The number of ether oxygens (including phenoxy) is 1. The highest BCUT2D eigenvalue weighted by Gasteiger charge is 2.31. The van der Waals surface area contributed by atoms with Crippen molar-refractivity contribution in [1.82, 2.24) is 10.2 Å². The number of sulfonamides is 1. The molecule has 2 aromatic rings. The number of amides is 1. The Morgan fingerprint density at radius 3 is 2.15 bits per heavy atom. The Morgan fingerprint density at radius 1 is 0.949 bits per heavy atom. The van der Waals surface area contributed by atoms with E-state index < -0.39 is 10.0 Å². The summed E-state index contributed by atoms with van der Waals surface area (Å²) in [5.41, 5.74) is 1.73. The second-order valence-corrected chi connectivity index (χ2v) is 13.1. The van der Waals surface area contributed by atoms with Crippen LogP contribution in [-0.4, -0.2) is 44.6 Å². The number of hydrogen-bond donors (Lipinski definition) is 2. The maximum atomic E-state index is 13.3. The van der Waals surface area contributed by atoms with Gasteiger partial charge in [-0.1, -0.05) is 51.2 Å². The van der Waals surface area contributed by atoms with Crippen molar-refractivity contribution < 1.29 is 17.9 Å². The molecular weight excluding hydrogens is 510 g/mol. The van der Waals surface area contributed by atoms with E-state index >= 15 is 0 Å². The summed E-state index contributed by atoms with van der Waals surface area (Å²) < 4.78 is 31.1. The second-order valence-electron chi connectivity index (χ2n) is 11.4. The van der Waals surface area contributed by atoms with Gasteiger partial charge in [-0.2, -0.15) is 0 Å². The molecule has 1 saturated heterocycles. The Kier molecular flexibility index (Phi) is 10.7. The maximum absolute atomic E-state index is 13.3. The highest BCUT2D eigenvalue weighted by atomic mass is 32.2. The summed E-state index contributed by atoms with van der Waals surface area (Å²) in [5.74, 6) is 2.47. The van der Waals surface area contributed by atoms with Crippen LogP contribution in [0.15, 0.2) is 48.5 Å². The Balaban J connectivity index is 1.21. The van der Waals surface area contributed by atoms with Gasteiger partial charge < -0.3 is 10.1 Å². The molecule has 1 atom stereocenters. The summed E-state index contributed by atoms with van der Waals surface area (Å²) in [7, 11) is -3.30. The molecule has 1 amide bonds. The lowest BCUT2D eigenvalue weighted by Gasteiger charge is -2.35. The zero-order chi connectivity index (χ0) is 27.7. The van der Waals surface area contributed by atoms with Crippen LogP contribution in [0.4, 0.5) is 5.69 Å². The van der Waals surface area contributed by atoms with Crippen LogP contribution in [0.2, 0.25) is 0 Å². The van der Waals surface area contributed by atoms with Crippen LogP contribution < -0.4 is 14.8 Å². The minimum atomic E-state index is -3.30. The fraction of sp³-hybridized carbons (Fsp3) is 0.581. The smallest absolute Gasteiger partial charge is 0.229 e. The first-order valence-electron chi connectivity index (χ1n) is 14.7. The average Bonchev–Trinajstić information content (AvgIpc) is 2.92. The summed E-state index contributed by atoms with van der Waals surface area (Å²) >= 11 is 0. The number of carbonyl (C=O) groups is 1. The van der Waals surface area contributed by atoms with Gasteiger partial charge in [0.2, 0.25) is 15.9 Å². The van der Waals surface area contributed by atoms with Crippen LogP contribution in [0, 0.1) is 11.8 Å². The van der Waals surface area contributed by atoms with E-state index in [1.807, 2.05) is 12.1 Å². The fourth-order valence-electron chi connectivity index (χ4n) is 5.95. The number of hydrogen-bond acceptors (Lipinski definition) is 5. The highest BCUT2D eigenvalue weighted by molar-refractivity contribution is 7.92. The predicted molar refractivity (Wildman–Crippen MR) is 157 cm³/mol. The molecule has 1 unspecified atom stereocenters. The van der Waals surface area contributed by atoms with E-state index in [2.05, 4.69) is 34.0 Å². The molecule has 0 spiro atoms. The minimum Gasteiger partial charge on any atom is -0.457 e. The first-order valence-corrected chi connectivity index (χ1v) is 16.6. The molecule has 0 aromatic heterocycles. The number of rotatable bonds is 12. The van der Waals surface area contributed by atoms with Crippen molar-refractivity contribution in [1.29, 1.82) is 0 Å². The van der Waals surface area contributed by atoms with Crippen molar-refractivity contribution in [3.05, 3.63) is 54.1 Å². The fourth-order valence-corrected chi connectivity index (χ4v) is 6.51. The Morgan fingerprint density at radius 2 is 1.56 bits per heavy atom. The molecule has 4 rings (SSSR count). The van der Waals surface area contributed by atoms with Gasteiger partial charge in [0.15, 0.2) is 0 Å². The first kappa shape index (κ1) is 29.4. The lowest BCUT2D eigenvalue weighted by molar-refractivity contribution is -0.128. The third kappa shape index (κ3) is 9.53. The topological polar surface area (TPSA) is 87.7 Å². The van der Waals surface area contributed by atoms with Crippen LogP contribution in [0.3, 0.4) is 0 Å². The van der Waals surface area contributed by atoms with Gasteiger partial charge in [0, 0.05) is 37.3 Å². The Bertz CT molecular complexity index is 1140. The molecule has 8 heteroatoms. The van der Waals surface area contributed by atoms with Crippen LogP contribution >= 0.6 is 0 Å². The number of unbranched alkanes of at least 4 members (excludes halogenated alkanes) is 1. The molecule has 1 aliphatic heterocycles. The number of carbonyl (C=O) groups excluding carboxylic acids is 1. The van der Waals surface area contributed by atoms with Gasteiger partial charge in [0.05, 0.1) is 6.26 Å². The molecular formula is C31H45N3O4S. The largest absolute Gasteiger partial charge is 0.457 e. The lowest BCUT2D eigenvalue weighted by Crippen LogP contribution is -2.47. The molecule has 2 aliphatic rings. The van der Waals surface area contributed by atoms with Gasteiger partial charge >= 0.3 is 0 Å². The van der Waals surface area contributed by atoms with Crippen molar-refractivity contribution in [3.8, 4) is 11.5 Å². The van der Waals surface area contributed by atoms with Crippen molar-refractivity contribution >= 4 is 21.6 Å². The standard InChI is InChI=1S/C31H45N3O4S/c1-3-4-10-30(25-8-6-5-7-9-25)31(35)32-26-19-21-34(22-20-26)23-24-11-15-28(16-12-24)38-29-17-13-27(14-18-29)33-39(2,36)37/h11-18,25-26,30,33H,3-10,19-23H2,1-2H3,(H,32,35). The molecule has 214 valence electrons. The van der Waals surface area contributed by atoms with Crippen LogP contribution in [0.1, 0.15) is 76.7 Å². The number of benzene rings is 2. The molecule has 2 N–H and O–H groups in total. The summed E-state index contributed by atoms with van der Waals surface area (Å²) in [4.78, 5) is 15.7. The van der Waals surface area contributed by atoms with Gasteiger partial charge in [0.25, 0.3) is 0 Å². The number of anilines is 1. The monoisotopic (exact) mass is 555 g/mol. The van der Waals surface area contributed by atoms with E-state index in [0.717, 1.165) is 63.7 Å². The molecule has 1 aliphatic carbocycles. The quantitative estimate of drug-likeness (QED) is 0.320. The van der Waals surface area contributed by atoms with Crippen LogP contribution in [0.5, 0.6) is 11.5 Å². The van der Waals surface area contributed by atoms with Gasteiger partial charge in [-0.25, -0.2) is 8.42 Å². The Hall–Kier alpha value is -2.58. The molecule has 0 bridgehead atoms. The minimum absolute atomic E-state index is 0.200. The lowest BCUT2D eigenvalue weighted by atomic mass is 9.77. The predicted octanol–water partition coefficient (Wildman–Crippen LogP) is 6.32. The molecule has 0 radical (unpaired) electrons. The van der Waals surface area contributed by atoms with Crippen LogP contribution in [-0.2, 0) is 21.4 Å². The second kappa shape index (κ2) is 14.2. The average molecular weight is 556 g/mol. The van der Waals surface area contributed by atoms with E-state index in [1.54, 1.807) is 24.3 Å². The zero-order valence-corrected chi connectivity index (χ0v) is 24.3. The van der Waals surface area contributed by atoms with Gasteiger partial charge in [0.1, 0.15) is 11.5 Å². The van der Waals surface area contributed by atoms with Crippen molar-refractivity contribution in [2.45, 2.75) is 83.7 Å². The van der Waals surface area contributed by atoms with E-state index in [4.69, 9.17) is 4.74 Å². The van der Waals surface area contributed by atoms with Gasteiger partial charge in [-0.15, -0.1) is 0 Å². The van der Waals surface area contributed by atoms with E-state index in [-0.39, 0.29) is 12.0 Å². The summed E-state index contributed by atoms with van der Waals surface area (Å²) in [6.45, 7) is 5.07. The molecule has 1 saturated carbocycles. The number of nitrogens with zero attached hydrogens (tertiary/aromatic N) is 1. The molecule has 39 heavy (non-hydrogen) atoms. The summed E-state index contributed by atoms with van der Waals surface area (Å²) in [6, 6.07) is 15.2. The van der Waals surface area contributed by atoms with Crippen molar-refractivity contribution in [3.63, 3.8) is 0 Å². The normalized spacial score (nSPS) is 18.4. The van der Waals surface area contributed by atoms with Crippen molar-refractivity contribution in [2.24, 2.45) is 11.8 Å². The van der Waals surface area contributed by atoms with Gasteiger partial charge in [-0.05, 0) is 80.0 Å². The summed E-state index contributed by atoms with van der Waals surface area (Å²) in [5, 5.41) is 3.44. The molecule has 7 nitrogen and oxygen atoms in total. The van der Waals surface area contributed by atoms with Crippen molar-refractivity contribution in [2.75, 3.05) is 24.1 Å². The highest BCUT2D eigenvalue weighted by Crippen LogP contribution is 2.33. The molecule has 1 heterocycles. The third-order valence-electron chi connectivity index (χ3n) is 8.08. The number of nitrogens with one attached hydrogen (secondary N) is 2. The first-order chi connectivity index (χ1) is 18.8. The number of piperidine rings is 1. The SMILES string of the molecule is CCCCC(C(=O)NC1CCN(Cc2ccc(Oc3ccc(NS(C)(=O)=O)cc3)cc2)CC1)C1CCCCC1. The Labute approximate surface area is 234 Å². The zero-order valence-electron chi connectivity index (χ0n) is 23.5. The third-order valence-corrected chi connectivity index (χ3v) is 8.69. The van der Waals surface area contributed by atoms with E-state index in [1.165, 1.54) is 37.7 Å². The number of likely N-dealkylation sites (tertiary alicyclic amines) is 1. The molecule has 2 aromatic carbocycles. The molecule has 2 fully saturated rings. The van der Waals surface area contributed by atoms with Crippen LogP contribution in [0.25, 0.3) is 0 Å². The van der Waals surface area contributed by atoms with Gasteiger partial charge in [-0.3, -0.25) is 14.4 Å². The maximum Gasteiger partial charge on any atom is 0.229 e. The van der Waals surface area contributed by atoms with E-state index in [0.29, 0.717) is 23.3 Å².